The molecule has 2 heteroatoms. The van der Waals surface area contributed by atoms with Gasteiger partial charge in [0.15, 0.2) is 0 Å². The Hall–Kier alpha value is -1.83. The molecule has 1 fully saturated rings. The molecule has 1 aromatic rings. The highest BCUT2D eigenvalue weighted by Crippen LogP contribution is 2.17. The van der Waals surface area contributed by atoms with Crippen LogP contribution in [0.5, 0.6) is 0 Å². The number of hydrogen-bond donors (Lipinski definition) is 1. The van der Waals surface area contributed by atoms with E-state index in [9.17, 15) is 4.79 Å². The highest BCUT2D eigenvalue weighted by molar-refractivity contribution is 5.94. The first-order valence-electron chi connectivity index (χ1n) is 7.46. The summed E-state index contributed by atoms with van der Waals surface area (Å²) in [5, 5.41) is 3.15. The summed E-state index contributed by atoms with van der Waals surface area (Å²) >= 11 is 0. The molecule has 106 valence electrons. The molecule has 20 heavy (non-hydrogen) atoms. The molecule has 1 aromatic carbocycles. The van der Waals surface area contributed by atoms with E-state index in [0.717, 1.165) is 12.8 Å². The van der Waals surface area contributed by atoms with Crippen molar-refractivity contribution in [1.82, 2.24) is 5.32 Å². The van der Waals surface area contributed by atoms with Crippen LogP contribution in [0.15, 0.2) is 48.5 Å². The lowest BCUT2D eigenvalue weighted by Crippen LogP contribution is -2.36. The Labute approximate surface area is 121 Å². The van der Waals surface area contributed by atoms with Gasteiger partial charge in [-0.15, -0.1) is 0 Å². The zero-order chi connectivity index (χ0) is 14.2. The highest BCUT2D eigenvalue weighted by atomic mass is 16.1. The Kier molecular flexibility index (Phi) is 5.60. The van der Waals surface area contributed by atoms with E-state index in [0.29, 0.717) is 11.6 Å². The van der Waals surface area contributed by atoms with E-state index >= 15 is 0 Å². The second-order valence-electron chi connectivity index (χ2n) is 5.44. The molecule has 0 saturated heterocycles. The first kappa shape index (κ1) is 14.6. The standard InChI is InChI=1S/C18H23NO/c1-15-9-4-2-5-11-16(12-8-10-15)18(20)19-17-13-6-3-7-14-17/h2,4-5,8-12,17H,3,6-7,13-14H2,1H3,(H,19,20). The third-order valence-corrected chi connectivity index (χ3v) is 3.69. The summed E-state index contributed by atoms with van der Waals surface area (Å²) in [4.78, 5) is 12.3. The predicted octanol–water partition coefficient (Wildman–Crippen LogP) is 4.18. The largest absolute Gasteiger partial charge is 0.349 e. The second kappa shape index (κ2) is 7.68. The van der Waals surface area contributed by atoms with Crippen LogP contribution in [0, 0.1) is 6.92 Å². The molecule has 0 heterocycles. The molecule has 0 bridgehead atoms. The van der Waals surface area contributed by atoms with Gasteiger partial charge in [0.25, 0.3) is 5.91 Å². The highest BCUT2D eigenvalue weighted by Gasteiger charge is 2.15. The number of carbonyl (C=O) groups is 1. The summed E-state index contributed by atoms with van der Waals surface area (Å²) < 4.78 is 0. The number of nitrogens with one attached hydrogen (secondary N) is 1. The van der Waals surface area contributed by atoms with Crippen LogP contribution in [0.25, 0.3) is 0 Å². The van der Waals surface area contributed by atoms with Crippen molar-refractivity contribution in [3.8, 4) is 0 Å². The van der Waals surface area contributed by atoms with Crippen LogP contribution in [0.3, 0.4) is 0 Å². The van der Waals surface area contributed by atoms with Gasteiger partial charge in [-0.2, -0.15) is 0 Å². The summed E-state index contributed by atoms with van der Waals surface area (Å²) in [6, 6.07) is 15.9. The monoisotopic (exact) mass is 269 g/mol. The summed E-state index contributed by atoms with van der Waals surface area (Å²) in [6.45, 7) is 2.04. The Morgan fingerprint density at radius 2 is 1.60 bits per heavy atom. The topological polar surface area (TPSA) is 29.1 Å². The molecule has 0 radical (unpaired) electrons. The van der Waals surface area contributed by atoms with Crippen molar-refractivity contribution < 1.29 is 4.79 Å². The summed E-state index contributed by atoms with van der Waals surface area (Å²) in [5.74, 6) is 0.0356. The van der Waals surface area contributed by atoms with Gasteiger partial charge in [-0.25, -0.2) is 0 Å². The summed E-state index contributed by atoms with van der Waals surface area (Å²) in [6.07, 6.45) is 5.98. The van der Waals surface area contributed by atoms with Crippen molar-refractivity contribution in [2.75, 3.05) is 0 Å². The van der Waals surface area contributed by atoms with Crippen LogP contribution in [0.1, 0.15) is 48.0 Å². The molecular weight excluding hydrogens is 246 g/mol. The van der Waals surface area contributed by atoms with Gasteiger partial charge in [-0.1, -0.05) is 61.2 Å². The van der Waals surface area contributed by atoms with Crippen LogP contribution in [-0.2, 0) is 0 Å². The molecule has 1 aliphatic rings. The van der Waals surface area contributed by atoms with Crippen LogP contribution >= 0.6 is 0 Å². The molecule has 0 unspecified atom stereocenters. The molecule has 1 amide bonds. The predicted molar refractivity (Wildman–Crippen MR) is 83.1 cm³/mol. The van der Waals surface area contributed by atoms with Gasteiger partial charge in [0.2, 0.25) is 0 Å². The molecular formula is C18H23NO. The van der Waals surface area contributed by atoms with Crippen LogP contribution in [0.4, 0.5) is 0 Å². The summed E-state index contributed by atoms with van der Waals surface area (Å²) in [7, 11) is 0. The Balaban J connectivity index is 2.13. The van der Waals surface area contributed by atoms with Gasteiger partial charge < -0.3 is 5.32 Å². The first-order valence-corrected chi connectivity index (χ1v) is 7.46. The average Bonchev–Trinajstić information content (AvgIpc) is 2.46. The van der Waals surface area contributed by atoms with E-state index < -0.39 is 0 Å². The van der Waals surface area contributed by atoms with E-state index in [1.165, 1.54) is 24.8 Å². The molecule has 1 saturated carbocycles. The minimum atomic E-state index is 0.0356. The van der Waals surface area contributed by atoms with Gasteiger partial charge in [0.05, 0.1) is 0 Å². The van der Waals surface area contributed by atoms with Gasteiger partial charge >= 0.3 is 0 Å². The molecule has 1 N–H and O–H groups in total. The number of amides is 1. The molecule has 0 aliphatic heterocycles. The first-order chi connectivity index (χ1) is 9.75. The molecule has 0 atom stereocenters. The van der Waals surface area contributed by atoms with Crippen LogP contribution in [0.2, 0.25) is 0 Å². The Morgan fingerprint density at radius 1 is 0.950 bits per heavy atom. The maximum absolute atomic E-state index is 12.3. The molecule has 1 aliphatic carbocycles. The van der Waals surface area contributed by atoms with Crippen molar-refractivity contribution in [1.29, 1.82) is 0 Å². The lowest BCUT2D eigenvalue weighted by molar-refractivity contribution is 0.0928. The molecule has 2 rings (SSSR count). The van der Waals surface area contributed by atoms with Gasteiger partial charge in [-0.3, -0.25) is 4.79 Å². The maximum atomic E-state index is 12.3. The minimum absolute atomic E-state index is 0.0356. The Morgan fingerprint density at radius 3 is 2.40 bits per heavy atom. The van der Waals surface area contributed by atoms with Gasteiger partial charge in [0.1, 0.15) is 0 Å². The fourth-order valence-corrected chi connectivity index (χ4v) is 2.51. The average molecular weight is 269 g/mol. The lowest BCUT2D eigenvalue weighted by atomic mass is 9.95. The fraction of sp³-hybridized carbons (Fsp3) is 0.389. The van der Waals surface area contributed by atoms with Crippen molar-refractivity contribution in [2.45, 2.75) is 45.1 Å². The maximum Gasteiger partial charge on any atom is 0.251 e. The van der Waals surface area contributed by atoms with Crippen molar-refractivity contribution in [3.63, 3.8) is 0 Å². The normalized spacial score (nSPS) is 15.2. The zero-order valence-electron chi connectivity index (χ0n) is 12.1. The SMILES string of the molecule is Cc1cccccc(C(=O)NC2CCCCC2)ccc1. The number of aryl methyl sites for hydroxylation is 1. The number of hydrogen-bond acceptors (Lipinski definition) is 1. The van der Waals surface area contributed by atoms with Gasteiger partial charge in [0, 0.05) is 11.6 Å². The molecule has 0 spiro atoms. The van der Waals surface area contributed by atoms with Crippen molar-refractivity contribution in [3.05, 3.63) is 59.7 Å². The zero-order valence-corrected chi connectivity index (χ0v) is 12.1. The third kappa shape index (κ3) is 4.69. The fourth-order valence-electron chi connectivity index (χ4n) is 2.51. The summed E-state index contributed by atoms with van der Waals surface area (Å²) in [5.41, 5.74) is 1.88. The van der Waals surface area contributed by atoms with Crippen molar-refractivity contribution in [2.24, 2.45) is 0 Å². The smallest absolute Gasteiger partial charge is 0.251 e. The third-order valence-electron chi connectivity index (χ3n) is 3.69. The number of carbonyl (C=O) groups excluding carboxylic acids is 1. The van der Waals surface area contributed by atoms with E-state index in [-0.39, 0.29) is 5.91 Å². The number of rotatable bonds is 2. The minimum Gasteiger partial charge on any atom is -0.349 e. The quantitative estimate of drug-likeness (QED) is 0.857. The van der Waals surface area contributed by atoms with Crippen LogP contribution < -0.4 is 5.32 Å². The lowest BCUT2D eigenvalue weighted by Gasteiger charge is -2.22. The van der Waals surface area contributed by atoms with Crippen molar-refractivity contribution >= 4 is 5.91 Å². The molecule has 0 aromatic heterocycles. The molecule has 2 nitrogen and oxygen atoms in total. The second-order valence-corrected chi connectivity index (χ2v) is 5.44. The van der Waals surface area contributed by atoms with E-state index in [2.05, 4.69) is 5.32 Å². The van der Waals surface area contributed by atoms with E-state index in [1.807, 2.05) is 55.5 Å². The van der Waals surface area contributed by atoms with Gasteiger partial charge in [-0.05, 0) is 31.9 Å². The van der Waals surface area contributed by atoms with E-state index in [4.69, 9.17) is 0 Å². The Bertz CT molecular complexity index is 502. The van der Waals surface area contributed by atoms with E-state index in [1.54, 1.807) is 0 Å². The van der Waals surface area contributed by atoms with Crippen LogP contribution in [-0.4, -0.2) is 11.9 Å².